The molecule has 0 amide bonds. The lowest BCUT2D eigenvalue weighted by Crippen LogP contribution is -2.63. The van der Waals surface area contributed by atoms with Gasteiger partial charge in [0.25, 0.3) is 5.69 Å². The molecule has 5 atom stereocenters. The van der Waals surface area contributed by atoms with Crippen LogP contribution < -0.4 is 28.4 Å². The number of nitro benzene ring substituents is 1. The van der Waals surface area contributed by atoms with Gasteiger partial charge in [-0.2, -0.15) is 0 Å². The molecule has 13 nitrogen and oxygen atoms in total. The van der Waals surface area contributed by atoms with Crippen LogP contribution in [-0.4, -0.2) is 74.0 Å². The van der Waals surface area contributed by atoms with Crippen molar-refractivity contribution in [1.82, 2.24) is 0 Å². The first-order valence-corrected chi connectivity index (χ1v) is 18.5. The van der Waals surface area contributed by atoms with Crippen LogP contribution in [0.25, 0.3) is 12.2 Å². The number of carbonyl (C=O) groups is 1. The van der Waals surface area contributed by atoms with E-state index in [2.05, 4.69) is 5.92 Å². The fourth-order valence-electron chi connectivity index (χ4n) is 7.92. The zero-order valence-corrected chi connectivity index (χ0v) is 33.8. The number of hydrogen-bond acceptors (Lipinski definition) is 12. The van der Waals surface area contributed by atoms with Crippen LogP contribution in [0.2, 0.25) is 0 Å². The number of nitrogens with zero attached hydrogens (tertiary/aromatic N) is 1. The average Bonchev–Trinajstić information content (AvgIpc) is 3.18. The summed E-state index contributed by atoms with van der Waals surface area (Å²) in [6.45, 7) is 9.67. The highest BCUT2D eigenvalue weighted by Gasteiger charge is 2.58. The fourth-order valence-corrected chi connectivity index (χ4v) is 7.92. The molecule has 0 aromatic heterocycles. The average molecular weight is 786 g/mol. The molecule has 1 aliphatic heterocycles. The van der Waals surface area contributed by atoms with Gasteiger partial charge in [0.05, 0.1) is 57.2 Å². The Kier molecular flexibility index (Phi) is 12.8. The van der Waals surface area contributed by atoms with E-state index in [1.165, 1.54) is 20.3 Å². The molecule has 304 valence electrons. The van der Waals surface area contributed by atoms with Crippen LogP contribution in [0, 0.1) is 33.8 Å². The fraction of sp³-hybridized carbons (Fsp3) is 0.432. The van der Waals surface area contributed by atoms with Crippen molar-refractivity contribution < 1.29 is 53.1 Å². The van der Waals surface area contributed by atoms with Crippen LogP contribution in [0.4, 0.5) is 5.69 Å². The van der Waals surface area contributed by atoms with Gasteiger partial charge in [-0.05, 0) is 80.6 Å². The lowest BCUT2D eigenvalue weighted by atomic mass is 9.57. The van der Waals surface area contributed by atoms with Gasteiger partial charge in [-0.1, -0.05) is 43.6 Å². The van der Waals surface area contributed by atoms with Crippen LogP contribution >= 0.6 is 0 Å². The van der Waals surface area contributed by atoms with Crippen LogP contribution in [0.3, 0.4) is 0 Å². The molecule has 2 aliphatic rings. The number of aliphatic hydroxyl groups excluding tert-OH is 2. The van der Waals surface area contributed by atoms with Crippen LogP contribution in [0.1, 0.15) is 75.0 Å². The smallest absolute Gasteiger partial charge is 0.352 e. The highest BCUT2D eigenvalue weighted by atomic mass is 16.6. The highest BCUT2D eigenvalue weighted by Crippen LogP contribution is 2.55. The molecule has 57 heavy (non-hydrogen) atoms. The Bertz CT molecular complexity index is 2110. The number of carbonyl (C=O) groups excluding carboxylic acids is 1. The van der Waals surface area contributed by atoms with Crippen molar-refractivity contribution in [3.8, 4) is 46.8 Å². The monoisotopic (exact) mass is 785 g/mol. The van der Waals surface area contributed by atoms with E-state index >= 15 is 0 Å². The van der Waals surface area contributed by atoms with E-state index in [-0.39, 0.29) is 41.8 Å². The van der Waals surface area contributed by atoms with Gasteiger partial charge in [-0.25, -0.2) is 4.79 Å². The molecule has 1 fully saturated rings. The molecule has 0 radical (unpaired) electrons. The Hall–Kier alpha value is -5.71. The third-order valence-electron chi connectivity index (χ3n) is 10.9. The SMILES string of the molecule is C#CCOc1cc(/C=C/c2cc3c(c(OC)c2)O[C@]2(C)C[C@@H](O)[C@@H](O)C(C)(C)C2C3)cc(OC(C(=O)OC)c2cc(OC)c(OC)cc2[N+](=O)[O-])c1CC=C(C)C. The summed E-state index contributed by atoms with van der Waals surface area (Å²) in [5.41, 5.74) is 1.88. The largest absolute Gasteiger partial charge is 0.493 e. The first-order valence-electron chi connectivity index (χ1n) is 18.5. The lowest BCUT2D eigenvalue weighted by molar-refractivity contribution is -0.386. The topological polar surface area (TPSA) is 165 Å². The van der Waals surface area contributed by atoms with Gasteiger partial charge in [-0.15, -0.1) is 6.42 Å². The zero-order chi connectivity index (χ0) is 41.8. The Morgan fingerprint density at radius 1 is 0.965 bits per heavy atom. The molecule has 5 rings (SSSR count). The maximum atomic E-state index is 13.5. The predicted molar refractivity (Wildman–Crippen MR) is 214 cm³/mol. The van der Waals surface area contributed by atoms with Crippen molar-refractivity contribution in [2.45, 2.75) is 77.8 Å². The van der Waals surface area contributed by atoms with E-state index in [1.54, 1.807) is 19.2 Å². The van der Waals surface area contributed by atoms with Crippen molar-refractivity contribution in [3.05, 3.63) is 86.0 Å². The lowest BCUT2D eigenvalue weighted by Gasteiger charge is -2.56. The summed E-state index contributed by atoms with van der Waals surface area (Å²) in [7, 11) is 5.45. The summed E-state index contributed by atoms with van der Waals surface area (Å²) in [6, 6.07) is 9.83. The summed E-state index contributed by atoms with van der Waals surface area (Å²) in [6.07, 6.45) is 8.98. The van der Waals surface area contributed by atoms with Gasteiger partial charge in [0.15, 0.2) is 23.0 Å². The number of allylic oxidation sites excluding steroid dienone is 2. The Morgan fingerprint density at radius 2 is 1.58 bits per heavy atom. The van der Waals surface area contributed by atoms with E-state index in [0.717, 1.165) is 29.9 Å². The van der Waals surface area contributed by atoms with Crippen molar-refractivity contribution in [3.63, 3.8) is 0 Å². The van der Waals surface area contributed by atoms with Gasteiger partial charge in [0, 0.05) is 23.3 Å². The number of hydrogen-bond donors (Lipinski definition) is 2. The van der Waals surface area contributed by atoms with E-state index in [4.69, 9.17) is 39.6 Å². The van der Waals surface area contributed by atoms with Crippen LogP contribution in [-0.2, 0) is 22.4 Å². The summed E-state index contributed by atoms with van der Waals surface area (Å²) < 4.78 is 40.8. The quantitative estimate of drug-likeness (QED) is 0.0427. The molecule has 3 aromatic rings. The minimum atomic E-state index is -1.61. The number of rotatable bonds is 14. The molecular formula is C44H51NO12. The third-order valence-corrected chi connectivity index (χ3v) is 10.9. The molecular weight excluding hydrogens is 734 g/mol. The van der Waals surface area contributed by atoms with E-state index in [9.17, 15) is 25.1 Å². The highest BCUT2D eigenvalue weighted by molar-refractivity contribution is 5.80. The van der Waals surface area contributed by atoms with Crippen LogP contribution in [0.5, 0.6) is 34.5 Å². The molecule has 1 aliphatic carbocycles. The number of fused-ring (bicyclic) bond motifs is 2. The molecule has 0 bridgehead atoms. The molecule has 0 spiro atoms. The molecule has 13 heteroatoms. The van der Waals surface area contributed by atoms with Crippen molar-refractivity contribution in [2.75, 3.05) is 35.0 Å². The van der Waals surface area contributed by atoms with Gasteiger partial charge >= 0.3 is 5.97 Å². The second kappa shape index (κ2) is 17.2. The number of aliphatic hydroxyl groups is 2. The van der Waals surface area contributed by atoms with Gasteiger partial charge in [0.1, 0.15) is 23.7 Å². The molecule has 2 unspecified atom stereocenters. The van der Waals surface area contributed by atoms with Crippen molar-refractivity contribution >= 4 is 23.8 Å². The van der Waals surface area contributed by atoms with E-state index < -0.39 is 45.9 Å². The van der Waals surface area contributed by atoms with E-state index in [1.807, 2.05) is 65.0 Å². The van der Waals surface area contributed by atoms with Gasteiger partial charge < -0.3 is 43.4 Å². The second-order valence-corrected chi connectivity index (χ2v) is 15.3. The van der Waals surface area contributed by atoms with Crippen LogP contribution in [0.15, 0.2) is 48.0 Å². The Balaban J connectivity index is 1.63. The number of benzene rings is 3. The molecule has 2 N–H and O–H groups in total. The first kappa shape index (κ1) is 42.4. The zero-order valence-electron chi connectivity index (χ0n) is 33.8. The Labute approximate surface area is 333 Å². The number of nitro groups is 1. The van der Waals surface area contributed by atoms with Gasteiger partial charge in [-0.3, -0.25) is 10.1 Å². The molecule has 1 saturated carbocycles. The number of terminal acetylenes is 1. The number of ether oxygens (including phenoxy) is 7. The molecule has 1 heterocycles. The van der Waals surface area contributed by atoms with E-state index in [0.29, 0.717) is 41.2 Å². The summed E-state index contributed by atoms with van der Waals surface area (Å²) in [5, 5.41) is 34.0. The summed E-state index contributed by atoms with van der Waals surface area (Å²) in [4.78, 5) is 25.2. The predicted octanol–water partition coefficient (Wildman–Crippen LogP) is 7.07. The maximum Gasteiger partial charge on any atom is 0.352 e. The summed E-state index contributed by atoms with van der Waals surface area (Å²) >= 11 is 0. The van der Waals surface area contributed by atoms with Gasteiger partial charge in [0.2, 0.25) is 6.10 Å². The van der Waals surface area contributed by atoms with Crippen molar-refractivity contribution in [1.29, 1.82) is 0 Å². The number of esters is 1. The third kappa shape index (κ3) is 8.67. The minimum absolute atomic E-state index is 0.0693. The summed E-state index contributed by atoms with van der Waals surface area (Å²) in [5.74, 6) is 3.41. The number of methoxy groups -OCH3 is 4. The molecule has 0 saturated heterocycles. The normalized spacial score (nSPS) is 21.1. The maximum absolute atomic E-state index is 13.5. The molecule has 3 aromatic carbocycles. The second-order valence-electron chi connectivity index (χ2n) is 15.3. The Morgan fingerprint density at radius 3 is 2.18 bits per heavy atom. The van der Waals surface area contributed by atoms with Crippen molar-refractivity contribution in [2.24, 2.45) is 11.3 Å². The standard InChI is InChI=1S/C44H51NO12/c1-11-16-55-33-18-27(14-13-26-17-28-21-38-43(4,5)41(47)32(46)24-44(38,6)57-39(28)37(20-26)53-9)19-34(29(33)15-12-25(2)3)56-40(42(48)54-10)30-22-35(51-7)36(52-8)23-31(30)45(49)50/h1,12-14,17-20,22-23,32,38,40-41,46-47H,15-16,21,24H2,2-10H3/b14-13+/t32-,38?,40?,41-,44-/m1/s1. The minimum Gasteiger partial charge on any atom is -0.493 e. The first-order chi connectivity index (χ1) is 27.0.